The molecule has 0 atom stereocenters. The van der Waals surface area contributed by atoms with Crippen LogP contribution in [-0.4, -0.2) is 15.9 Å². The van der Waals surface area contributed by atoms with Gasteiger partial charge in [-0.05, 0) is 30.8 Å². The van der Waals surface area contributed by atoms with E-state index in [1.807, 2.05) is 0 Å². The fourth-order valence-corrected chi connectivity index (χ4v) is 1.79. The number of carbonyl (C=O) groups is 1. The number of anilines is 1. The van der Waals surface area contributed by atoms with E-state index in [4.69, 9.17) is 12.2 Å². The quantitative estimate of drug-likeness (QED) is 0.365. The molecule has 0 bridgehead atoms. The summed E-state index contributed by atoms with van der Waals surface area (Å²) in [5.41, 5.74) is 0.597. The van der Waals surface area contributed by atoms with E-state index in [9.17, 15) is 14.9 Å². The van der Waals surface area contributed by atoms with Crippen molar-refractivity contribution < 1.29 is 9.72 Å². The fraction of sp³-hybridized carbons (Fsp3) is 0.385. The Bertz CT molecular complexity index is 488. The molecular formula is C13H17N3O3S. The average Bonchev–Trinajstić information content (AvgIpc) is 2.39. The van der Waals surface area contributed by atoms with Gasteiger partial charge < -0.3 is 10.6 Å². The SMILES string of the molecule is CCCCCC(=O)NC(=S)Nc1ccc([N+](=O)[O-])cc1. The molecule has 0 saturated carbocycles. The van der Waals surface area contributed by atoms with Gasteiger partial charge in [-0.3, -0.25) is 14.9 Å². The first-order valence-corrected chi connectivity index (χ1v) is 6.79. The van der Waals surface area contributed by atoms with Gasteiger partial charge in [-0.25, -0.2) is 0 Å². The molecular weight excluding hydrogens is 278 g/mol. The highest BCUT2D eigenvalue weighted by molar-refractivity contribution is 7.80. The number of hydrogen-bond donors (Lipinski definition) is 2. The van der Waals surface area contributed by atoms with Crippen LogP contribution in [0, 0.1) is 10.1 Å². The van der Waals surface area contributed by atoms with Crippen molar-refractivity contribution in [3.05, 3.63) is 34.4 Å². The molecule has 2 N–H and O–H groups in total. The van der Waals surface area contributed by atoms with E-state index in [0.717, 1.165) is 19.3 Å². The summed E-state index contributed by atoms with van der Waals surface area (Å²) in [5, 5.41) is 16.1. The molecule has 0 unspecified atom stereocenters. The van der Waals surface area contributed by atoms with Gasteiger partial charge in [0, 0.05) is 24.2 Å². The molecule has 0 heterocycles. The number of non-ortho nitro benzene ring substituents is 1. The smallest absolute Gasteiger partial charge is 0.269 e. The summed E-state index contributed by atoms with van der Waals surface area (Å²) in [4.78, 5) is 21.6. The molecule has 0 radical (unpaired) electrons. The van der Waals surface area contributed by atoms with Crippen molar-refractivity contribution in [1.82, 2.24) is 5.32 Å². The van der Waals surface area contributed by atoms with Crippen LogP contribution in [0.4, 0.5) is 11.4 Å². The molecule has 1 rings (SSSR count). The molecule has 20 heavy (non-hydrogen) atoms. The van der Waals surface area contributed by atoms with Crippen LogP contribution in [-0.2, 0) is 4.79 Å². The van der Waals surface area contributed by atoms with Gasteiger partial charge in [-0.1, -0.05) is 19.8 Å². The minimum atomic E-state index is -0.475. The standard InChI is InChI=1S/C13H17N3O3S/c1-2-3-4-5-12(17)15-13(20)14-10-6-8-11(9-7-10)16(18)19/h6-9H,2-5H2,1H3,(H2,14,15,17,20). The van der Waals surface area contributed by atoms with Crippen LogP contribution in [0.15, 0.2) is 24.3 Å². The largest absolute Gasteiger partial charge is 0.332 e. The Hall–Kier alpha value is -2.02. The molecule has 7 heteroatoms. The minimum absolute atomic E-state index is 0.00469. The highest BCUT2D eigenvalue weighted by Crippen LogP contribution is 2.15. The average molecular weight is 295 g/mol. The van der Waals surface area contributed by atoms with Crippen molar-refractivity contribution >= 4 is 34.6 Å². The molecule has 0 spiro atoms. The second-order valence-electron chi connectivity index (χ2n) is 4.26. The summed E-state index contributed by atoms with van der Waals surface area (Å²) in [7, 11) is 0. The van der Waals surface area contributed by atoms with Crippen LogP contribution >= 0.6 is 12.2 Å². The van der Waals surface area contributed by atoms with Gasteiger partial charge >= 0.3 is 0 Å². The van der Waals surface area contributed by atoms with E-state index in [1.165, 1.54) is 24.3 Å². The van der Waals surface area contributed by atoms with E-state index in [-0.39, 0.29) is 16.7 Å². The van der Waals surface area contributed by atoms with E-state index >= 15 is 0 Å². The van der Waals surface area contributed by atoms with Gasteiger partial charge in [0.25, 0.3) is 5.69 Å². The number of unbranched alkanes of at least 4 members (excludes halogenated alkanes) is 2. The predicted octanol–water partition coefficient (Wildman–Crippen LogP) is 2.99. The predicted molar refractivity (Wildman–Crippen MR) is 81.6 cm³/mol. The summed E-state index contributed by atoms with van der Waals surface area (Å²) < 4.78 is 0. The van der Waals surface area contributed by atoms with Gasteiger partial charge in [0.1, 0.15) is 0 Å². The summed E-state index contributed by atoms with van der Waals surface area (Å²) >= 11 is 5.00. The molecule has 0 saturated heterocycles. The second kappa shape index (κ2) is 8.21. The lowest BCUT2D eigenvalue weighted by molar-refractivity contribution is -0.384. The Morgan fingerprint density at radius 2 is 1.95 bits per heavy atom. The third-order valence-electron chi connectivity index (χ3n) is 2.60. The lowest BCUT2D eigenvalue weighted by Gasteiger charge is -2.09. The third kappa shape index (κ3) is 5.75. The van der Waals surface area contributed by atoms with E-state index in [1.54, 1.807) is 0 Å². The van der Waals surface area contributed by atoms with Crippen molar-refractivity contribution in [1.29, 1.82) is 0 Å². The maximum absolute atomic E-state index is 11.5. The number of nitrogens with zero attached hydrogens (tertiary/aromatic N) is 1. The number of carbonyl (C=O) groups excluding carboxylic acids is 1. The lowest BCUT2D eigenvalue weighted by atomic mass is 10.2. The van der Waals surface area contributed by atoms with Crippen molar-refractivity contribution in [2.75, 3.05) is 5.32 Å². The topological polar surface area (TPSA) is 84.3 Å². The van der Waals surface area contributed by atoms with E-state index in [2.05, 4.69) is 17.6 Å². The van der Waals surface area contributed by atoms with Crippen LogP contribution in [0.2, 0.25) is 0 Å². The molecule has 108 valence electrons. The molecule has 1 aromatic rings. The van der Waals surface area contributed by atoms with Gasteiger partial charge in [0.15, 0.2) is 5.11 Å². The number of amides is 1. The van der Waals surface area contributed by atoms with E-state index < -0.39 is 4.92 Å². The summed E-state index contributed by atoms with van der Waals surface area (Å²) in [5.74, 6) is -0.127. The fourth-order valence-electron chi connectivity index (χ4n) is 1.55. The summed E-state index contributed by atoms with van der Waals surface area (Å²) in [6.07, 6.45) is 3.34. The Morgan fingerprint density at radius 1 is 1.30 bits per heavy atom. The number of nitrogens with one attached hydrogen (secondary N) is 2. The Balaban J connectivity index is 2.42. The summed E-state index contributed by atoms with van der Waals surface area (Å²) in [6.45, 7) is 2.07. The number of hydrogen-bond acceptors (Lipinski definition) is 4. The second-order valence-corrected chi connectivity index (χ2v) is 4.67. The van der Waals surface area contributed by atoms with Crippen LogP contribution in [0.25, 0.3) is 0 Å². The van der Waals surface area contributed by atoms with Gasteiger partial charge in [0.2, 0.25) is 5.91 Å². The first kappa shape index (κ1) is 16.0. The first-order valence-electron chi connectivity index (χ1n) is 6.38. The number of thiocarbonyl (C=S) groups is 1. The lowest BCUT2D eigenvalue weighted by Crippen LogP contribution is -2.33. The number of benzene rings is 1. The monoisotopic (exact) mass is 295 g/mol. The number of nitro benzene ring substituents is 1. The maximum atomic E-state index is 11.5. The summed E-state index contributed by atoms with van der Waals surface area (Å²) in [6, 6.07) is 5.81. The van der Waals surface area contributed by atoms with Crippen LogP contribution in [0.1, 0.15) is 32.6 Å². The molecule has 6 nitrogen and oxygen atoms in total. The van der Waals surface area contributed by atoms with Crippen molar-refractivity contribution in [2.45, 2.75) is 32.6 Å². The molecule has 1 amide bonds. The molecule has 0 aliphatic heterocycles. The maximum Gasteiger partial charge on any atom is 0.269 e. The van der Waals surface area contributed by atoms with Crippen molar-refractivity contribution in [2.24, 2.45) is 0 Å². The highest BCUT2D eigenvalue weighted by atomic mass is 32.1. The molecule has 0 aromatic heterocycles. The zero-order valence-electron chi connectivity index (χ0n) is 11.2. The third-order valence-corrected chi connectivity index (χ3v) is 2.80. The first-order chi connectivity index (χ1) is 9.52. The molecule has 0 aliphatic rings. The zero-order chi connectivity index (χ0) is 15.0. The zero-order valence-corrected chi connectivity index (χ0v) is 12.0. The molecule has 0 aliphatic carbocycles. The van der Waals surface area contributed by atoms with Gasteiger partial charge in [-0.2, -0.15) is 0 Å². The molecule has 1 aromatic carbocycles. The van der Waals surface area contributed by atoms with Crippen LogP contribution in [0.5, 0.6) is 0 Å². The van der Waals surface area contributed by atoms with Gasteiger partial charge in [-0.15, -0.1) is 0 Å². The normalized spacial score (nSPS) is 9.85. The van der Waals surface area contributed by atoms with E-state index in [0.29, 0.717) is 12.1 Å². The highest BCUT2D eigenvalue weighted by Gasteiger charge is 2.06. The Kier molecular flexibility index (Phi) is 6.58. The van der Waals surface area contributed by atoms with Crippen molar-refractivity contribution in [3.63, 3.8) is 0 Å². The Labute approximate surface area is 122 Å². The Morgan fingerprint density at radius 3 is 2.50 bits per heavy atom. The van der Waals surface area contributed by atoms with Crippen LogP contribution in [0.3, 0.4) is 0 Å². The van der Waals surface area contributed by atoms with Gasteiger partial charge in [0.05, 0.1) is 4.92 Å². The number of nitro groups is 1. The number of rotatable bonds is 6. The van der Waals surface area contributed by atoms with Crippen LogP contribution < -0.4 is 10.6 Å². The minimum Gasteiger partial charge on any atom is -0.332 e. The van der Waals surface area contributed by atoms with Crippen molar-refractivity contribution in [3.8, 4) is 0 Å². The molecule has 0 fully saturated rings.